The van der Waals surface area contributed by atoms with Crippen molar-refractivity contribution < 1.29 is 14.2 Å². The summed E-state index contributed by atoms with van der Waals surface area (Å²) in [5.41, 5.74) is 10.9. The van der Waals surface area contributed by atoms with E-state index < -0.39 is 0 Å². The van der Waals surface area contributed by atoms with E-state index in [-0.39, 0.29) is 5.11 Å². The molecule has 0 aliphatic heterocycles. The summed E-state index contributed by atoms with van der Waals surface area (Å²) in [5, 5.41) is 4.38. The number of nitrogens with zero attached hydrogens (tertiary/aromatic N) is 1. The molecule has 2 aromatic carbocycles. The standard InChI is InChI=1S/C20H24ClN3O3S/c1-4-14-7-13(2)8-16(9-14)26-5-6-27-19-17(21)10-15(11-18(19)25-3)12-23-24-20(22)28/h7-12H,4-6H2,1-3H3,(H3,22,24,28). The molecule has 0 fully saturated rings. The minimum absolute atomic E-state index is 0.0777. The summed E-state index contributed by atoms with van der Waals surface area (Å²) in [6.07, 6.45) is 2.49. The molecule has 3 N–H and O–H groups in total. The third kappa shape index (κ3) is 6.58. The molecule has 6 nitrogen and oxygen atoms in total. The van der Waals surface area contributed by atoms with E-state index in [1.54, 1.807) is 19.2 Å². The summed E-state index contributed by atoms with van der Waals surface area (Å²) in [6, 6.07) is 9.65. The van der Waals surface area contributed by atoms with Crippen LogP contribution in [0.4, 0.5) is 0 Å². The quantitative estimate of drug-likeness (QED) is 0.277. The third-order valence-corrected chi connectivity index (χ3v) is 4.13. The lowest BCUT2D eigenvalue weighted by Crippen LogP contribution is -2.23. The van der Waals surface area contributed by atoms with E-state index in [1.165, 1.54) is 17.3 Å². The van der Waals surface area contributed by atoms with Gasteiger partial charge in [-0.3, -0.25) is 5.43 Å². The highest BCUT2D eigenvalue weighted by atomic mass is 35.5. The summed E-state index contributed by atoms with van der Waals surface area (Å²) in [6.45, 7) is 4.87. The molecule has 0 saturated heterocycles. The Morgan fingerprint density at radius 2 is 1.96 bits per heavy atom. The van der Waals surface area contributed by atoms with Gasteiger partial charge in [-0.2, -0.15) is 5.10 Å². The number of nitrogens with two attached hydrogens (primary N) is 1. The number of hydrogen-bond acceptors (Lipinski definition) is 5. The fourth-order valence-corrected chi connectivity index (χ4v) is 2.87. The Kier molecular flexibility index (Phi) is 8.35. The first-order chi connectivity index (χ1) is 13.4. The molecule has 0 aliphatic rings. The zero-order chi connectivity index (χ0) is 20.5. The Bertz CT molecular complexity index is 859. The molecule has 8 heteroatoms. The van der Waals surface area contributed by atoms with Crippen molar-refractivity contribution in [2.24, 2.45) is 10.8 Å². The largest absolute Gasteiger partial charge is 0.493 e. The van der Waals surface area contributed by atoms with Gasteiger partial charge < -0.3 is 19.9 Å². The van der Waals surface area contributed by atoms with Gasteiger partial charge in [0.2, 0.25) is 0 Å². The van der Waals surface area contributed by atoms with Crippen LogP contribution in [0.3, 0.4) is 0 Å². The first-order valence-electron chi connectivity index (χ1n) is 8.75. The molecule has 0 aliphatic carbocycles. The molecule has 0 aromatic heterocycles. The number of benzene rings is 2. The number of rotatable bonds is 9. The molecule has 0 unspecified atom stereocenters. The van der Waals surface area contributed by atoms with Crippen molar-refractivity contribution in [1.82, 2.24) is 5.43 Å². The average Bonchev–Trinajstić information content (AvgIpc) is 2.65. The SMILES string of the molecule is CCc1cc(C)cc(OCCOc2c(Cl)cc(C=NNC(N)=S)cc2OC)c1. The van der Waals surface area contributed by atoms with Crippen LogP contribution < -0.4 is 25.4 Å². The van der Waals surface area contributed by atoms with Gasteiger partial charge in [0.1, 0.15) is 19.0 Å². The normalized spacial score (nSPS) is 10.7. The fraction of sp³-hybridized carbons (Fsp3) is 0.300. The van der Waals surface area contributed by atoms with Crippen LogP contribution in [0.5, 0.6) is 17.2 Å². The van der Waals surface area contributed by atoms with Gasteiger partial charge in [0.05, 0.1) is 18.3 Å². The summed E-state index contributed by atoms with van der Waals surface area (Å²) >= 11 is 11.0. The second-order valence-electron chi connectivity index (χ2n) is 5.97. The zero-order valence-corrected chi connectivity index (χ0v) is 17.7. The monoisotopic (exact) mass is 421 g/mol. The van der Waals surface area contributed by atoms with Crippen molar-refractivity contribution in [3.63, 3.8) is 0 Å². The third-order valence-electron chi connectivity index (χ3n) is 3.76. The molecule has 28 heavy (non-hydrogen) atoms. The highest BCUT2D eigenvalue weighted by Gasteiger charge is 2.12. The fourth-order valence-electron chi connectivity index (χ4n) is 2.54. The molecule has 0 atom stereocenters. The Morgan fingerprint density at radius 1 is 1.21 bits per heavy atom. The maximum Gasteiger partial charge on any atom is 0.184 e. The first kappa shape index (κ1) is 21.8. The van der Waals surface area contributed by atoms with Crippen LogP contribution >= 0.6 is 23.8 Å². The highest BCUT2D eigenvalue weighted by molar-refractivity contribution is 7.80. The van der Waals surface area contributed by atoms with Crippen LogP contribution in [-0.4, -0.2) is 31.7 Å². The minimum atomic E-state index is 0.0777. The smallest absolute Gasteiger partial charge is 0.184 e. The van der Waals surface area contributed by atoms with Gasteiger partial charge in [-0.05, 0) is 66.5 Å². The second kappa shape index (κ2) is 10.7. The van der Waals surface area contributed by atoms with Crippen molar-refractivity contribution in [1.29, 1.82) is 0 Å². The van der Waals surface area contributed by atoms with Crippen molar-refractivity contribution >= 4 is 35.1 Å². The van der Waals surface area contributed by atoms with E-state index >= 15 is 0 Å². The highest BCUT2D eigenvalue weighted by Crippen LogP contribution is 2.36. The Labute approximate surface area is 175 Å². The zero-order valence-electron chi connectivity index (χ0n) is 16.1. The Morgan fingerprint density at radius 3 is 2.64 bits per heavy atom. The molecule has 0 saturated carbocycles. The molecular formula is C20H24ClN3O3S. The van der Waals surface area contributed by atoms with Crippen LogP contribution in [0.1, 0.15) is 23.6 Å². The maximum atomic E-state index is 6.33. The lowest BCUT2D eigenvalue weighted by Gasteiger charge is -2.14. The van der Waals surface area contributed by atoms with Crippen molar-refractivity contribution in [2.45, 2.75) is 20.3 Å². The number of hydrazone groups is 1. The summed E-state index contributed by atoms with van der Waals surface area (Å²) in [5.74, 6) is 1.77. The van der Waals surface area contributed by atoms with Crippen LogP contribution in [0.2, 0.25) is 5.02 Å². The van der Waals surface area contributed by atoms with E-state index in [4.69, 9.17) is 43.8 Å². The van der Waals surface area contributed by atoms with Gasteiger partial charge in [0, 0.05) is 0 Å². The van der Waals surface area contributed by atoms with Crippen molar-refractivity contribution in [3.8, 4) is 17.2 Å². The van der Waals surface area contributed by atoms with Crippen LogP contribution in [0, 0.1) is 6.92 Å². The molecule has 0 bridgehead atoms. The Hall–Kier alpha value is -2.51. The van der Waals surface area contributed by atoms with Gasteiger partial charge in [-0.25, -0.2) is 0 Å². The van der Waals surface area contributed by atoms with Crippen LogP contribution in [0.15, 0.2) is 35.4 Å². The van der Waals surface area contributed by atoms with E-state index in [0.717, 1.165) is 12.2 Å². The molecular weight excluding hydrogens is 398 g/mol. The van der Waals surface area contributed by atoms with Crippen molar-refractivity contribution in [2.75, 3.05) is 20.3 Å². The molecule has 2 rings (SSSR count). The number of thiocarbonyl (C=S) groups is 1. The molecule has 150 valence electrons. The lowest BCUT2D eigenvalue weighted by atomic mass is 10.1. The first-order valence-corrected chi connectivity index (χ1v) is 9.53. The van der Waals surface area contributed by atoms with E-state index in [9.17, 15) is 0 Å². The predicted molar refractivity (Wildman–Crippen MR) is 117 cm³/mol. The summed E-state index contributed by atoms with van der Waals surface area (Å²) in [4.78, 5) is 0. The van der Waals surface area contributed by atoms with Crippen molar-refractivity contribution in [3.05, 3.63) is 52.0 Å². The second-order valence-corrected chi connectivity index (χ2v) is 6.82. The van der Waals surface area contributed by atoms with E-state index in [0.29, 0.717) is 35.3 Å². The van der Waals surface area contributed by atoms with Gasteiger partial charge in [-0.15, -0.1) is 0 Å². The average molecular weight is 422 g/mol. The molecule has 0 spiro atoms. The summed E-state index contributed by atoms with van der Waals surface area (Å²) < 4.78 is 17.0. The van der Waals surface area contributed by atoms with E-state index in [1.807, 2.05) is 12.1 Å². The van der Waals surface area contributed by atoms with Crippen LogP contribution in [0.25, 0.3) is 0 Å². The molecule has 0 heterocycles. The number of hydrogen-bond donors (Lipinski definition) is 2. The van der Waals surface area contributed by atoms with Gasteiger partial charge in [0.25, 0.3) is 0 Å². The number of halogens is 1. The molecule has 0 radical (unpaired) electrons. The predicted octanol–water partition coefficient (Wildman–Crippen LogP) is 3.84. The van der Waals surface area contributed by atoms with E-state index in [2.05, 4.69) is 30.4 Å². The number of aryl methyl sites for hydroxylation is 2. The molecule has 0 amide bonds. The van der Waals surface area contributed by atoms with Crippen LogP contribution in [-0.2, 0) is 6.42 Å². The Balaban J connectivity index is 1.99. The topological polar surface area (TPSA) is 78.1 Å². The number of ether oxygens (including phenoxy) is 3. The maximum absolute atomic E-state index is 6.33. The lowest BCUT2D eigenvalue weighted by molar-refractivity contribution is 0.211. The van der Waals surface area contributed by atoms with Gasteiger partial charge in [0.15, 0.2) is 16.6 Å². The number of nitrogens with one attached hydrogen (secondary N) is 1. The summed E-state index contributed by atoms with van der Waals surface area (Å²) in [7, 11) is 1.54. The van der Waals surface area contributed by atoms with Gasteiger partial charge in [-0.1, -0.05) is 24.6 Å². The number of methoxy groups -OCH3 is 1. The van der Waals surface area contributed by atoms with Gasteiger partial charge >= 0.3 is 0 Å². The minimum Gasteiger partial charge on any atom is -0.493 e. The molecule has 2 aromatic rings.